The number of carbonyl (C=O) groups excluding carboxylic acids is 2. The summed E-state index contributed by atoms with van der Waals surface area (Å²) in [7, 11) is 1.61. The molecule has 1 saturated carbocycles. The van der Waals surface area contributed by atoms with Crippen LogP contribution in [-0.4, -0.2) is 54.5 Å². The molecular formula is C27H27FN2O4S. The summed E-state index contributed by atoms with van der Waals surface area (Å²) in [5.74, 6) is 0.635. The number of hydrogen-bond donors (Lipinski definition) is 0. The Hall–Kier alpha value is -3.39. The molecule has 182 valence electrons. The zero-order valence-electron chi connectivity index (χ0n) is 19.5. The van der Waals surface area contributed by atoms with Gasteiger partial charge in [-0.15, -0.1) is 11.3 Å². The number of nitrogens with zero attached hydrogens (tertiary/aromatic N) is 2. The molecule has 0 spiro atoms. The van der Waals surface area contributed by atoms with Crippen molar-refractivity contribution in [3.05, 3.63) is 81.8 Å². The molecule has 2 aliphatic rings. The lowest BCUT2D eigenvalue weighted by Gasteiger charge is -2.37. The van der Waals surface area contributed by atoms with E-state index in [1.165, 1.54) is 29.1 Å². The molecule has 1 aliphatic heterocycles. The number of benzene rings is 2. The number of rotatable bonds is 8. The van der Waals surface area contributed by atoms with Gasteiger partial charge in [0.15, 0.2) is 0 Å². The van der Waals surface area contributed by atoms with E-state index in [2.05, 4.69) is 6.07 Å². The van der Waals surface area contributed by atoms with Gasteiger partial charge in [0, 0.05) is 29.1 Å². The number of methoxy groups -OCH3 is 1. The van der Waals surface area contributed by atoms with E-state index in [1.54, 1.807) is 23.3 Å². The predicted molar refractivity (Wildman–Crippen MR) is 131 cm³/mol. The molecule has 2 aromatic carbocycles. The summed E-state index contributed by atoms with van der Waals surface area (Å²) in [5.41, 5.74) is 1.49. The molecule has 3 aromatic rings. The Labute approximate surface area is 207 Å². The van der Waals surface area contributed by atoms with Crippen LogP contribution in [0.25, 0.3) is 0 Å². The second kappa shape index (κ2) is 10.1. The number of carbonyl (C=O) groups is 2. The van der Waals surface area contributed by atoms with Gasteiger partial charge in [-0.25, -0.2) is 4.39 Å². The zero-order chi connectivity index (χ0) is 24.4. The number of halogens is 1. The minimum absolute atomic E-state index is 0.00396. The summed E-state index contributed by atoms with van der Waals surface area (Å²) in [5, 5.41) is 2.05. The average Bonchev–Trinajstić information content (AvgIpc) is 3.61. The second-order valence-corrected chi connectivity index (χ2v) is 9.81. The van der Waals surface area contributed by atoms with E-state index in [-0.39, 0.29) is 30.4 Å². The lowest BCUT2D eigenvalue weighted by Crippen LogP contribution is -2.48. The average molecular weight is 495 g/mol. The van der Waals surface area contributed by atoms with Gasteiger partial charge < -0.3 is 19.3 Å². The number of thiophene rings is 1. The molecule has 0 bridgehead atoms. The van der Waals surface area contributed by atoms with E-state index in [4.69, 9.17) is 9.47 Å². The molecule has 0 unspecified atom stereocenters. The summed E-state index contributed by atoms with van der Waals surface area (Å²) < 4.78 is 24.7. The standard InChI is InChI=1S/C27H27FN2O4S/c1-33-21-3-2-4-22(15-21)34-17-24-23-12-14-35-25(23)11-13-29(24)26(31)16-30(20-9-10-20)27(32)18-5-7-19(28)8-6-18/h2-8,12,14-15,20,24H,9-11,13,16-17H2,1H3/t24-/m0/s1. The lowest BCUT2D eigenvalue weighted by molar-refractivity contribution is -0.135. The smallest absolute Gasteiger partial charge is 0.254 e. The Morgan fingerprint density at radius 2 is 1.89 bits per heavy atom. The van der Waals surface area contributed by atoms with E-state index < -0.39 is 5.82 Å². The van der Waals surface area contributed by atoms with Crippen LogP contribution in [-0.2, 0) is 11.2 Å². The van der Waals surface area contributed by atoms with Gasteiger partial charge in [0.1, 0.15) is 30.5 Å². The number of hydrogen-bond acceptors (Lipinski definition) is 5. The van der Waals surface area contributed by atoms with Gasteiger partial charge in [0.2, 0.25) is 5.91 Å². The van der Waals surface area contributed by atoms with Gasteiger partial charge in [0.25, 0.3) is 5.91 Å². The third-order valence-electron chi connectivity index (χ3n) is 6.51. The molecule has 1 atom stereocenters. The number of fused-ring (bicyclic) bond motifs is 1. The van der Waals surface area contributed by atoms with E-state index in [0.717, 1.165) is 24.8 Å². The van der Waals surface area contributed by atoms with Gasteiger partial charge in [0.05, 0.1) is 13.2 Å². The molecule has 1 fully saturated rings. The van der Waals surface area contributed by atoms with E-state index in [9.17, 15) is 14.0 Å². The Bertz CT molecular complexity index is 1210. The molecule has 5 rings (SSSR count). The van der Waals surface area contributed by atoms with Gasteiger partial charge in [-0.05, 0) is 72.7 Å². The Kier molecular flexibility index (Phi) is 6.72. The molecule has 8 heteroatoms. The van der Waals surface area contributed by atoms with Gasteiger partial charge in [-0.2, -0.15) is 0 Å². The van der Waals surface area contributed by atoms with Crippen molar-refractivity contribution in [2.75, 3.05) is 26.8 Å². The molecule has 0 N–H and O–H groups in total. The summed E-state index contributed by atoms with van der Waals surface area (Å²) in [6.07, 6.45) is 2.53. The third kappa shape index (κ3) is 5.17. The third-order valence-corrected chi connectivity index (χ3v) is 7.51. The largest absolute Gasteiger partial charge is 0.497 e. The Balaban J connectivity index is 1.33. The van der Waals surface area contributed by atoms with Crippen molar-refractivity contribution in [3.8, 4) is 11.5 Å². The van der Waals surface area contributed by atoms with Crippen LogP contribution in [0.5, 0.6) is 11.5 Å². The Morgan fingerprint density at radius 3 is 2.63 bits per heavy atom. The molecule has 35 heavy (non-hydrogen) atoms. The van der Waals surface area contributed by atoms with E-state index >= 15 is 0 Å². The molecular weight excluding hydrogens is 467 g/mol. The first-order valence-electron chi connectivity index (χ1n) is 11.7. The van der Waals surface area contributed by atoms with E-state index in [1.807, 2.05) is 34.5 Å². The van der Waals surface area contributed by atoms with Gasteiger partial charge in [-0.3, -0.25) is 9.59 Å². The van der Waals surface area contributed by atoms with Crippen LogP contribution in [0.4, 0.5) is 4.39 Å². The van der Waals surface area contributed by atoms with E-state index in [0.29, 0.717) is 30.2 Å². The van der Waals surface area contributed by atoms with Crippen molar-refractivity contribution in [2.24, 2.45) is 0 Å². The van der Waals surface area contributed by atoms with Crippen LogP contribution >= 0.6 is 11.3 Å². The fourth-order valence-corrected chi connectivity index (χ4v) is 5.42. The predicted octanol–water partition coefficient (Wildman–Crippen LogP) is 4.71. The molecule has 2 amide bonds. The monoisotopic (exact) mass is 494 g/mol. The minimum atomic E-state index is -0.394. The summed E-state index contributed by atoms with van der Waals surface area (Å²) in [4.78, 5) is 31.5. The summed E-state index contributed by atoms with van der Waals surface area (Å²) in [6, 6.07) is 14.7. The van der Waals surface area contributed by atoms with Crippen molar-refractivity contribution in [1.29, 1.82) is 0 Å². The van der Waals surface area contributed by atoms with Crippen molar-refractivity contribution < 1.29 is 23.5 Å². The van der Waals surface area contributed by atoms with Crippen LogP contribution in [0.1, 0.15) is 39.7 Å². The normalized spacial score (nSPS) is 17.0. The van der Waals surface area contributed by atoms with Crippen molar-refractivity contribution in [3.63, 3.8) is 0 Å². The molecule has 6 nitrogen and oxygen atoms in total. The quantitative estimate of drug-likeness (QED) is 0.455. The molecule has 0 saturated heterocycles. The Morgan fingerprint density at radius 1 is 1.11 bits per heavy atom. The lowest BCUT2D eigenvalue weighted by atomic mass is 10.0. The first-order chi connectivity index (χ1) is 17.0. The van der Waals surface area contributed by atoms with Crippen molar-refractivity contribution >= 4 is 23.2 Å². The fourth-order valence-electron chi connectivity index (χ4n) is 4.49. The maximum Gasteiger partial charge on any atom is 0.254 e. The first-order valence-corrected chi connectivity index (χ1v) is 12.6. The SMILES string of the molecule is COc1cccc(OC[C@H]2c3ccsc3CCN2C(=O)CN(C(=O)c2ccc(F)cc2)C2CC2)c1. The summed E-state index contributed by atoms with van der Waals surface area (Å²) >= 11 is 1.69. The second-order valence-electron chi connectivity index (χ2n) is 8.81. The number of amides is 2. The van der Waals surface area contributed by atoms with Crippen LogP contribution in [0, 0.1) is 5.82 Å². The van der Waals surface area contributed by atoms with Crippen LogP contribution in [0.2, 0.25) is 0 Å². The van der Waals surface area contributed by atoms with Crippen LogP contribution in [0.15, 0.2) is 60.0 Å². The minimum Gasteiger partial charge on any atom is -0.497 e. The highest BCUT2D eigenvalue weighted by atomic mass is 32.1. The molecule has 2 heterocycles. The fraction of sp³-hybridized carbons (Fsp3) is 0.333. The first kappa shape index (κ1) is 23.4. The highest BCUT2D eigenvalue weighted by Gasteiger charge is 2.38. The van der Waals surface area contributed by atoms with Crippen LogP contribution < -0.4 is 9.47 Å². The highest BCUT2D eigenvalue weighted by molar-refractivity contribution is 7.10. The zero-order valence-corrected chi connectivity index (χ0v) is 20.3. The van der Waals surface area contributed by atoms with Gasteiger partial charge >= 0.3 is 0 Å². The molecule has 1 aliphatic carbocycles. The summed E-state index contributed by atoms with van der Waals surface area (Å²) in [6.45, 7) is 0.871. The molecule has 0 radical (unpaired) electrons. The van der Waals surface area contributed by atoms with Crippen LogP contribution in [0.3, 0.4) is 0 Å². The maximum atomic E-state index is 13.6. The number of ether oxygens (including phenoxy) is 2. The van der Waals surface area contributed by atoms with Crippen molar-refractivity contribution in [2.45, 2.75) is 31.3 Å². The topological polar surface area (TPSA) is 59.1 Å². The molecule has 1 aromatic heterocycles. The highest BCUT2D eigenvalue weighted by Crippen LogP contribution is 2.35. The maximum absolute atomic E-state index is 13.6. The van der Waals surface area contributed by atoms with Gasteiger partial charge in [-0.1, -0.05) is 6.07 Å². The van der Waals surface area contributed by atoms with Crippen molar-refractivity contribution in [1.82, 2.24) is 9.80 Å².